The third kappa shape index (κ3) is 3.64. The molecule has 0 saturated carbocycles. The Bertz CT molecular complexity index is 265. The first-order chi connectivity index (χ1) is 7.31. The highest BCUT2D eigenvalue weighted by Crippen LogP contribution is 1.99. The lowest BCUT2D eigenvalue weighted by Gasteiger charge is -2.18. The average molecular weight is 210 g/mol. The molecule has 86 valence electrons. The summed E-state index contributed by atoms with van der Waals surface area (Å²) in [6.07, 6.45) is 3.84. The maximum atomic E-state index is 4.17. The number of hydrogen-bond acceptors (Lipinski definition) is 3. The molecule has 1 N–H and O–H groups in total. The lowest BCUT2D eigenvalue weighted by Crippen LogP contribution is -2.27. The Balaban J connectivity index is 2.45. The molecular formula is C11H22N4. The van der Waals surface area contributed by atoms with Gasteiger partial charge in [-0.05, 0) is 20.1 Å². The number of nitrogens with zero attached hydrogens (tertiary/aromatic N) is 3. The maximum absolute atomic E-state index is 4.17. The minimum absolute atomic E-state index is 0.887. The van der Waals surface area contributed by atoms with Crippen molar-refractivity contribution in [1.29, 1.82) is 0 Å². The van der Waals surface area contributed by atoms with Crippen molar-refractivity contribution >= 4 is 0 Å². The summed E-state index contributed by atoms with van der Waals surface area (Å²) in [5.74, 6) is 0. The molecule has 4 nitrogen and oxygen atoms in total. The normalized spacial score (nSPS) is 11.2. The monoisotopic (exact) mass is 210 g/mol. The van der Waals surface area contributed by atoms with Gasteiger partial charge >= 0.3 is 0 Å². The predicted molar refractivity (Wildman–Crippen MR) is 62.8 cm³/mol. The van der Waals surface area contributed by atoms with Gasteiger partial charge in [-0.15, -0.1) is 0 Å². The van der Waals surface area contributed by atoms with Crippen LogP contribution in [0.4, 0.5) is 0 Å². The third-order valence-electron chi connectivity index (χ3n) is 2.71. The Labute approximate surface area is 92.3 Å². The quantitative estimate of drug-likeness (QED) is 0.727. The van der Waals surface area contributed by atoms with Gasteiger partial charge in [0.05, 0.1) is 12.0 Å². The van der Waals surface area contributed by atoms with Gasteiger partial charge in [0.1, 0.15) is 0 Å². The van der Waals surface area contributed by atoms with E-state index >= 15 is 0 Å². The Morgan fingerprint density at radius 1 is 1.40 bits per heavy atom. The van der Waals surface area contributed by atoms with Gasteiger partial charge in [0, 0.05) is 25.8 Å². The molecule has 1 aromatic heterocycles. The molecule has 0 fully saturated rings. The number of rotatable bonds is 7. The van der Waals surface area contributed by atoms with Gasteiger partial charge in [0.15, 0.2) is 0 Å². The second-order valence-corrected chi connectivity index (χ2v) is 3.64. The molecule has 0 aliphatic carbocycles. The van der Waals surface area contributed by atoms with Crippen molar-refractivity contribution in [2.24, 2.45) is 0 Å². The highest BCUT2D eigenvalue weighted by Gasteiger charge is 2.03. The smallest absolute Gasteiger partial charge is 0.0949 e. The van der Waals surface area contributed by atoms with Crippen LogP contribution in [0.15, 0.2) is 12.5 Å². The molecule has 0 aliphatic rings. The maximum Gasteiger partial charge on any atom is 0.0949 e. The van der Waals surface area contributed by atoms with Gasteiger partial charge in [-0.1, -0.05) is 13.8 Å². The SMILES string of the molecule is CCN(CC)CCn1cncc1CNC. The fourth-order valence-corrected chi connectivity index (χ4v) is 1.67. The summed E-state index contributed by atoms with van der Waals surface area (Å²) in [5, 5.41) is 3.15. The molecule has 0 bridgehead atoms. The van der Waals surface area contributed by atoms with Gasteiger partial charge in [0.2, 0.25) is 0 Å². The van der Waals surface area contributed by atoms with E-state index in [1.54, 1.807) is 0 Å². The second kappa shape index (κ2) is 6.58. The van der Waals surface area contributed by atoms with Gasteiger partial charge in [-0.2, -0.15) is 0 Å². The molecule has 0 amide bonds. The third-order valence-corrected chi connectivity index (χ3v) is 2.71. The van der Waals surface area contributed by atoms with Crippen molar-refractivity contribution in [1.82, 2.24) is 19.8 Å². The molecule has 0 saturated heterocycles. The Morgan fingerprint density at radius 3 is 2.73 bits per heavy atom. The molecule has 15 heavy (non-hydrogen) atoms. The Kier molecular flexibility index (Phi) is 5.36. The van der Waals surface area contributed by atoms with Crippen LogP contribution in [-0.4, -0.2) is 41.1 Å². The van der Waals surface area contributed by atoms with Crippen LogP contribution in [0.25, 0.3) is 0 Å². The van der Waals surface area contributed by atoms with Crippen LogP contribution in [0.2, 0.25) is 0 Å². The standard InChI is InChI=1S/C11H22N4/c1-4-14(5-2)6-7-15-10-13-9-11(15)8-12-3/h9-10,12H,4-8H2,1-3H3. The Hall–Kier alpha value is -0.870. The Morgan fingerprint density at radius 2 is 2.13 bits per heavy atom. The first-order valence-corrected chi connectivity index (χ1v) is 5.67. The van der Waals surface area contributed by atoms with E-state index in [2.05, 4.69) is 33.6 Å². The summed E-state index contributed by atoms with van der Waals surface area (Å²) in [6, 6.07) is 0. The second-order valence-electron chi connectivity index (χ2n) is 3.64. The van der Waals surface area contributed by atoms with Crippen LogP contribution in [0.3, 0.4) is 0 Å². The first-order valence-electron chi connectivity index (χ1n) is 5.67. The molecule has 0 unspecified atom stereocenters. The van der Waals surface area contributed by atoms with Crippen molar-refractivity contribution in [2.45, 2.75) is 26.9 Å². The lowest BCUT2D eigenvalue weighted by atomic mass is 10.4. The van der Waals surface area contributed by atoms with E-state index in [1.165, 1.54) is 5.69 Å². The summed E-state index contributed by atoms with van der Waals surface area (Å²) in [6.45, 7) is 9.65. The zero-order valence-electron chi connectivity index (χ0n) is 10.0. The van der Waals surface area contributed by atoms with Crippen molar-refractivity contribution in [3.8, 4) is 0 Å². The minimum Gasteiger partial charge on any atom is -0.332 e. The molecule has 0 aromatic carbocycles. The van der Waals surface area contributed by atoms with Crippen LogP contribution in [0.1, 0.15) is 19.5 Å². The van der Waals surface area contributed by atoms with E-state index in [1.807, 2.05) is 19.6 Å². The van der Waals surface area contributed by atoms with Gasteiger partial charge in [-0.3, -0.25) is 0 Å². The van der Waals surface area contributed by atoms with E-state index in [-0.39, 0.29) is 0 Å². The summed E-state index contributed by atoms with van der Waals surface area (Å²) in [7, 11) is 1.96. The topological polar surface area (TPSA) is 33.1 Å². The number of likely N-dealkylation sites (N-methyl/N-ethyl adjacent to an activating group) is 1. The zero-order chi connectivity index (χ0) is 11.1. The van der Waals surface area contributed by atoms with Crippen molar-refractivity contribution in [3.63, 3.8) is 0 Å². The summed E-state index contributed by atoms with van der Waals surface area (Å²) >= 11 is 0. The van der Waals surface area contributed by atoms with Crippen LogP contribution in [-0.2, 0) is 13.1 Å². The molecule has 1 aromatic rings. The van der Waals surface area contributed by atoms with E-state index < -0.39 is 0 Å². The number of nitrogens with one attached hydrogen (secondary N) is 1. The fourth-order valence-electron chi connectivity index (χ4n) is 1.67. The number of aromatic nitrogens is 2. The molecule has 0 spiro atoms. The predicted octanol–water partition coefficient (Wildman–Crippen LogP) is 0.944. The van der Waals surface area contributed by atoms with Gasteiger partial charge in [0.25, 0.3) is 0 Å². The molecule has 4 heteroatoms. The van der Waals surface area contributed by atoms with Crippen molar-refractivity contribution in [3.05, 3.63) is 18.2 Å². The zero-order valence-corrected chi connectivity index (χ0v) is 10.0. The molecule has 1 heterocycles. The van der Waals surface area contributed by atoms with E-state index in [4.69, 9.17) is 0 Å². The molecule has 0 aliphatic heterocycles. The highest BCUT2D eigenvalue weighted by atomic mass is 15.2. The minimum atomic E-state index is 0.887. The lowest BCUT2D eigenvalue weighted by molar-refractivity contribution is 0.289. The largest absolute Gasteiger partial charge is 0.332 e. The van der Waals surface area contributed by atoms with Gasteiger partial charge in [-0.25, -0.2) is 4.98 Å². The molecule has 1 rings (SSSR count). The van der Waals surface area contributed by atoms with Crippen LogP contribution in [0, 0.1) is 0 Å². The van der Waals surface area contributed by atoms with E-state index in [0.717, 1.165) is 32.7 Å². The first kappa shape index (κ1) is 12.2. The number of imidazole rings is 1. The number of hydrogen-bond donors (Lipinski definition) is 1. The fraction of sp³-hybridized carbons (Fsp3) is 0.727. The van der Waals surface area contributed by atoms with Crippen molar-refractivity contribution in [2.75, 3.05) is 26.7 Å². The summed E-state index contributed by atoms with van der Waals surface area (Å²) in [4.78, 5) is 6.59. The summed E-state index contributed by atoms with van der Waals surface area (Å²) < 4.78 is 2.22. The van der Waals surface area contributed by atoms with Crippen LogP contribution < -0.4 is 5.32 Å². The summed E-state index contributed by atoms with van der Waals surface area (Å²) in [5.41, 5.74) is 1.25. The highest BCUT2D eigenvalue weighted by molar-refractivity contribution is 4.97. The molecular weight excluding hydrogens is 188 g/mol. The van der Waals surface area contributed by atoms with Crippen LogP contribution >= 0.6 is 0 Å². The van der Waals surface area contributed by atoms with Crippen molar-refractivity contribution < 1.29 is 0 Å². The van der Waals surface area contributed by atoms with E-state index in [9.17, 15) is 0 Å². The van der Waals surface area contributed by atoms with Crippen LogP contribution in [0.5, 0.6) is 0 Å². The van der Waals surface area contributed by atoms with Gasteiger partial charge < -0.3 is 14.8 Å². The molecule has 0 radical (unpaired) electrons. The van der Waals surface area contributed by atoms with E-state index in [0.29, 0.717) is 0 Å². The average Bonchev–Trinajstić information content (AvgIpc) is 2.68. The molecule has 0 atom stereocenters.